The summed E-state index contributed by atoms with van der Waals surface area (Å²) in [6, 6.07) is 3.90. The van der Waals surface area contributed by atoms with E-state index in [1.165, 1.54) is 0 Å². The standard InChI is InChI=1S/C14H19ClN4O/c1-9-6-7-11-14(17-9)19(13(18-11)10(2)15)8-4-3-5-12(16)20/h6-7,10H,3-5,8H2,1-2H3,(H2,16,20). The Hall–Kier alpha value is -1.62. The van der Waals surface area contributed by atoms with Gasteiger partial charge in [0.05, 0.1) is 5.38 Å². The van der Waals surface area contributed by atoms with E-state index in [1.807, 2.05) is 30.5 Å². The molecule has 2 aromatic rings. The van der Waals surface area contributed by atoms with Crippen LogP contribution in [-0.4, -0.2) is 20.4 Å². The highest BCUT2D eigenvalue weighted by Crippen LogP contribution is 2.24. The lowest BCUT2D eigenvalue weighted by atomic mass is 10.2. The molecule has 2 aromatic heterocycles. The van der Waals surface area contributed by atoms with Crippen LogP contribution in [-0.2, 0) is 11.3 Å². The van der Waals surface area contributed by atoms with Gasteiger partial charge in [-0.1, -0.05) is 0 Å². The summed E-state index contributed by atoms with van der Waals surface area (Å²) in [5, 5.41) is -0.180. The predicted octanol–water partition coefficient (Wildman–Crippen LogP) is 2.70. The van der Waals surface area contributed by atoms with Gasteiger partial charge in [-0.25, -0.2) is 9.97 Å². The second kappa shape index (κ2) is 6.22. The zero-order valence-corrected chi connectivity index (χ0v) is 12.5. The maximum atomic E-state index is 10.8. The maximum absolute atomic E-state index is 10.8. The third kappa shape index (κ3) is 3.28. The second-order valence-electron chi connectivity index (χ2n) is 4.96. The molecule has 6 heteroatoms. The number of nitrogens with two attached hydrogens (primary N) is 1. The molecule has 0 aliphatic carbocycles. The molecule has 20 heavy (non-hydrogen) atoms. The van der Waals surface area contributed by atoms with Crippen LogP contribution in [0.5, 0.6) is 0 Å². The van der Waals surface area contributed by atoms with E-state index in [4.69, 9.17) is 17.3 Å². The van der Waals surface area contributed by atoms with Crippen molar-refractivity contribution in [2.45, 2.75) is 45.0 Å². The highest BCUT2D eigenvalue weighted by Gasteiger charge is 2.15. The van der Waals surface area contributed by atoms with Crippen molar-refractivity contribution in [1.29, 1.82) is 0 Å². The average molecular weight is 295 g/mol. The van der Waals surface area contributed by atoms with E-state index in [1.54, 1.807) is 0 Å². The number of amides is 1. The number of hydrogen-bond donors (Lipinski definition) is 1. The van der Waals surface area contributed by atoms with Crippen LogP contribution in [0.3, 0.4) is 0 Å². The van der Waals surface area contributed by atoms with E-state index in [0.29, 0.717) is 6.42 Å². The van der Waals surface area contributed by atoms with Crippen molar-refractivity contribution in [2.75, 3.05) is 0 Å². The number of alkyl halides is 1. The maximum Gasteiger partial charge on any atom is 0.217 e. The number of hydrogen-bond acceptors (Lipinski definition) is 3. The van der Waals surface area contributed by atoms with Crippen LogP contribution in [0.15, 0.2) is 12.1 Å². The number of aromatic nitrogens is 3. The van der Waals surface area contributed by atoms with E-state index in [2.05, 4.69) is 9.97 Å². The molecule has 0 saturated carbocycles. The van der Waals surface area contributed by atoms with Gasteiger partial charge < -0.3 is 10.3 Å². The van der Waals surface area contributed by atoms with E-state index in [-0.39, 0.29) is 11.3 Å². The quantitative estimate of drug-likeness (QED) is 0.657. The molecule has 1 unspecified atom stereocenters. The van der Waals surface area contributed by atoms with Crippen LogP contribution < -0.4 is 5.73 Å². The Labute approximate surface area is 123 Å². The Morgan fingerprint density at radius 2 is 2.15 bits per heavy atom. The van der Waals surface area contributed by atoms with Crippen LogP contribution in [0.4, 0.5) is 0 Å². The fourth-order valence-electron chi connectivity index (χ4n) is 2.21. The summed E-state index contributed by atoms with van der Waals surface area (Å²) in [7, 11) is 0. The van der Waals surface area contributed by atoms with Crippen LogP contribution >= 0.6 is 11.6 Å². The van der Waals surface area contributed by atoms with Crippen molar-refractivity contribution < 1.29 is 4.79 Å². The molecule has 0 radical (unpaired) electrons. The van der Waals surface area contributed by atoms with Crippen LogP contribution in [0.1, 0.15) is 43.1 Å². The fourth-order valence-corrected chi connectivity index (χ4v) is 2.37. The van der Waals surface area contributed by atoms with Gasteiger partial charge in [-0.05, 0) is 38.8 Å². The third-order valence-electron chi connectivity index (χ3n) is 3.17. The SMILES string of the molecule is Cc1ccc2nc(C(C)Cl)n(CCCCC(N)=O)c2n1. The van der Waals surface area contributed by atoms with E-state index in [9.17, 15) is 4.79 Å². The lowest BCUT2D eigenvalue weighted by Gasteiger charge is -2.09. The first-order chi connectivity index (χ1) is 9.49. The minimum atomic E-state index is -0.264. The number of carbonyl (C=O) groups is 1. The molecule has 0 spiro atoms. The summed E-state index contributed by atoms with van der Waals surface area (Å²) in [6.07, 6.45) is 2.02. The number of fused-ring (bicyclic) bond motifs is 1. The lowest BCUT2D eigenvalue weighted by Crippen LogP contribution is -2.11. The molecule has 0 aromatic carbocycles. The van der Waals surface area contributed by atoms with Gasteiger partial charge in [0.2, 0.25) is 5.91 Å². The van der Waals surface area contributed by atoms with Gasteiger partial charge in [-0.3, -0.25) is 4.79 Å². The average Bonchev–Trinajstić information content (AvgIpc) is 2.73. The summed E-state index contributed by atoms with van der Waals surface area (Å²) in [6.45, 7) is 4.59. The minimum absolute atomic E-state index is 0.180. The summed E-state index contributed by atoms with van der Waals surface area (Å²) in [5.41, 5.74) is 7.81. The molecular weight excluding hydrogens is 276 g/mol. The Morgan fingerprint density at radius 3 is 2.80 bits per heavy atom. The summed E-state index contributed by atoms with van der Waals surface area (Å²) >= 11 is 6.20. The predicted molar refractivity (Wildman–Crippen MR) is 79.6 cm³/mol. The van der Waals surface area contributed by atoms with E-state index < -0.39 is 0 Å². The normalized spacial score (nSPS) is 12.8. The number of primary amides is 1. The Morgan fingerprint density at radius 1 is 1.40 bits per heavy atom. The first-order valence-corrected chi connectivity index (χ1v) is 7.19. The Kier molecular flexibility index (Phi) is 4.60. The largest absolute Gasteiger partial charge is 0.370 e. The van der Waals surface area contributed by atoms with Gasteiger partial charge in [0.15, 0.2) is 5.65 Å². The zero-order valence-electron chi connectivity index (χ0n) is 11.8. The molecule has 2 N–H and O–H groups in total. The molecule has 0 aliphatic rings. The number of unbranched alkanes of at least 4 members (excludes halogenated alkanes) is 1. The monoisotopic (exact) mass is 294 g/mol. The molecule has 0 saturated heterocycles. The molecule has 5 nitrogen and oxygen atoms in total. The number of nitrogens with zero attached hydrogens (tertiary/aromatic N) is 3. The summed E-state index contributed by atoms with van der Waals surface area (Å²) in [4.78, 5) is 19.8. The van der Waals surface area contributed by atoms with Gasteiger partial charge in [0, 0.05) is 18.7 Å². The van der Waals surface area contributed by atoms with Gasteiger partial charge >= 0.3 is 0 Å². The number of halogens is 1. The fraction of sp³-hybridized carbons (Fsp3) is 0.500. The summed E-state index contributed by atoms with van der Waals surface area (Å²) in [5.74, 6) is 0.555. The minimum Gasteiger partial charge on any atom is -0.370 e. The van der Waals surface area contributed by atoms with Gasteiger partial charge in [-0.15, -0.1) is 11.6 Å². The van der Waals surface area contributed by atoms with Gasteiger partial charge in [0.25, 0.3) is 0 Å². The molecule has 1 amide bonds. The highest BCUT2D eigenvalue weighted by molar-refractivity contribution is 6.20. The first-order valence-electron chi connectivity index (χ1n) is 6.75. The third-order valence-corrected chi connectivity index (χ3v) is 3.37. The van der Waals surface area contributed by atoms with Crippen LogP contribution in [0.25, 0.3) is 11.2 Å². The van der Waals surface area contributed by atoms with Crippen molar-refractivity contribution in [3.05, 3.63) is 23.7 Å². The van der Waals surface area contributed by atoms with Crippen molar-refractivity contribution >= 4 is 28.7 Å². The first kappa shape index (κ1) is 14.8. The van der Waals surface area contributed by atoms with Gasteiger partial charge in [-0.2, -0.15) is 0 Å². The number of rotatable bonds is 6. The Bertz CT molecular complexity index is 621. The molecule has 0 fully saturated rings. The van der Waals surface area contributed by atoms with Crippen LogP contribution in [0, 0.1) is 6.92 Å². The lowest BCUT2D eigenvalue weighted by molar-refractivity contribution is -0.118. The molecule has 1 atom stereocenters. The number of imidazole rings is 1. The van der Waals surface area contributed by atoms with E-state index >= 15 is 0 Å². The zero-order chi connectivity index (χ0) is 14.7. The van der Waals surface area contributed by atoms with Gasteiger partial charge in [0.1, 0.15) is 11.3 Å². The summed E-state index contributed by atoms with van der Waals surface area (Å²) < 4.78 is 2.04. The Balaban J connectivity index is 2.26. The molecule has 2 rings (SSSR count). The smallest absolute Gasteiger partial charge is 0.217 e. The molecule has 108 valence electrons. The number of pyridine rings is 1. The second-order valence-corrected chi connectivity index (χ2v) is 5.61. The number of carbonyl (C=O) groups excluding carboxylic acids is 1. The van der Waals surface area contributed by atoms with Crippen molar-refractivity contribution in [2.24, 2.45) is 5.73 Å². The number of aryl methyl sites for hydroxylation is 2. The molecular formula is C14H19ClN4O. The molecule has 0 aliphatic heterocycles. The van der Waals surface area contributed by atoms with Crippen molar-refractivity contribution in [3.63, 3.8) is 0 Å². The van der Waals surface area contributed by atoms with Crippen molar-refractivity contribution in [3.8, 4) is 0 Å². The molecule has 0 bridgehead atoms. The molecule has 2 heterocycles. The van der Waals surface area contributed by atoms with E-state index in [0.717, 1.165) is 42.1 Å². The highest BCUT2D eigenvalue weighted by atomic mass is 35.5. The van der Waals surface area contributed by atoms with Crippen molar-refractivity contribution in [1.82, 2.24) is 14.5 Å². The van der Waals surface area contributed by atoms with Crippen LogP contribution in [0.2, 0.25) is 0 Å². The topological polar surface area (TPSA) is 73.8 Å².